The molecule has 18 heavy (non-hydrogen) atoms. The predicted molar refractivity (Wildman–Crippen MR) is 59.8 cm³/mol. The Balaban J connectivity index is 2.87. The number of hydrogen-bond acceptors (Lipinski definition) is 4. The van der Waals surface area contributed by atoms with E-state index in [0.717, 1.165) is 25.1 Å². The van der Waals surface area contributed by atoms with Crippen LogP contribution < -0.4 is 4.72 Å². The van der Waals surface area contributed by atoms with Gasteiger partial charge in [0.15, 0.2) is 5.60 Å². The van der Waals surface area contributed by atoms with E-state index in [2.05, 4.69) is 0 Å². The van der Waals surface area contributed by atoms with Crippen molar-refractivity contribution in [3.8, 4) is 0 Å². The highest BCUT2D eigenvalue weighted by molar-refractivity contribution is 7.89. The molecule has 0 saturated carbocycles. The van der Waals surface area contributed by atoms with E-state index in [1.807, 2.05) is 4.72 Å². The van der Waals surface area contributed by atoms with Crippen LogP contribution in [0.4, 0.5) is 4.39 Å². The molecule has 8 heteroatoms. The van der Waals surface area contributed by atoms with Crippen molar-refractivity contribution in [2.75, 3.05) is 6.54 Å². The van der Waals surface area contributed by atoms with Gasteiger partial charge in [0.25, 0.3) is 0 Å². The number of carbonyl (C=O) groups is 1. The first-order chi connectivity index (χ1) is 8.15. The summed E-state index contributed by atoms with van der Waals surface area (Å²) in [6.07, 6.45) is 0. The van der Waals surface area contributed by atoms with Gasteiger partial charge in [0, 0.05) is 0 Å². The number of halogens is 1. The van der Waals surface area contributed by atoms with E-state index in [4.69, 9.17) is 5.11 Å². The van der Waals surface area contributed by atoms with Crippen molar-refractivity contribution in [1.29, 1.82) is 0 Å². The average molecular weight is 277 g/mol. The number of sulfonamides is 1. The van der Waals surface area contributed by atoms with Crippen LogP contribution in [0.2, 0.25) is 0 Å². The number of benzene rings is 1. The summed E-state index contributed by atoms with van der Waals surface area (Å²) in [5.74, 6) is -2.30. The van der Waals surface area contributed by atoms with Crippen LogP contribution in [-0.2, 0) is 14.8 Å². The monoisotopic (exact) mass is 277 g/mol. The van der Waals surface area contributed by atoms with Gasteiger partial charge in [-0.1, -0.05) is 6.07 Å². The highest BCUT2D eigenvalue weighted by Gasteiger charge is 2.31. The molecule has 100 valence electrons. The topological polar surface area (TPSA) is 104 Å². The minimum atomic E-state index is -4.06. The maximum Gasteiger partial charge on any atom is 0.336 e. The lowest BCUT2D eigenvalue weighted by Gasteiger charge is -2.18. The van der Waals surface area contributed by atoms with E-state index in [-0.39, 0.29) is 4.90 Å². The van der Waals surface area contributed by atoms with Gasteiger partial charge >= 0.3 is 5.97 Å². The highest BCUT2D eigenvalue weighted by atomic mass is 32.2. The third-order valence-corrected chi connectivity index (χ3v) is 3.57. The highest BCUT2D eigenvalue weighted by Crippen LogP contribution is 2.11. The fraction of sp³-hybridized carbons (Fsp3) is 0.300. The first-order valence-electron chi connectivity index (χ1n) is 4.86. The standard InChI is InChI=1S/C10H12FNO5S/c1-10(15,9(13)14)6-12-18(16,17)8-4-2-3-7(11)5-8/h2-5,12,15H,6H2,1H3,(H,13,14). The molecular weight excluding hydrogens is 265 g/mol. The van der Waals surface area contributed by atoms with Crippen molar-refractivity contribution in [1.82, 2.24) is 4.72 Å². The maximum atomic E-state index is 12.9. The number of rotatable bonds is 5. The molecule has 0 amide bonds. The zero-order valence-corrected chi connectivity index (χ0v) is 10.2. The van der Waals surface area contributed by atoms with E-state index in [1.54, 1.807) is 0 Å². The van der Waals surface area contributed by atoms with Gasteiger partial charge in [0.2, 0.25) is 10.0 Å². The second kappa shape index (κ2) is 5.01. The van der Waals surface area contributed by atoms with Crippen LogP contribution in [0, 0.1) is 5.82 Å². The number of carboxylic acid groups (broad SMARTS) is 1. The van der Waals surface area contributed by atoms with E-state index in [0.29, 0.717) is 0 Å². The van der Waals surface area contributed by atoms with Crippen molar-refractivity contribution in [3.63, 3.8) is 0 Å². The van der Waals surface area contributed by atoms with Gasteiger partial charge < -0.3 is 10.2 Å². The molecule has 1 rings (SSSR count). The number of aliphatic carboxylic acids is 1. The molecule has 1 atom stereocenters. The van der Waals surface area contributed by atoms with Crippen LogP contribution in [0.25, 0.3) is 0 Å². The fourth-order valence-electron chi connectivity index (χ4n) is 1.03. The molecule has 0 heterocycles. The Kier molecular flexibility index (Phi) is 4.05. The Morgan fingerprint density at radius 2 is 2.11 bits per heavy atom. The van der Waals surface area contributed by atoms with Gasteiger partial charge in [-0.25, -0.2) is 22.3 Å². The number of nitrogens with one attached hydrogen (secondary N) is 1. The fourth-order valence-corrected chi connectivity index (χ4v) is 2.19. The lowest BCUT2D eigenvalue weighted by atomic mass is 10.1. The smallest absolute Gasteiger partial charge is 0.336 e. The molecule has 0 aliphatic carbocycles. The summed E-state index contributed by atoms with van der Waals surface area (Å²) in [4.78, 5) is 10.2. The van der Waals surface area contributed by atoms with Gasteiger partial charge in [0.1, 0.15) is 5.82 Å². The SMILES string of the molecule is CC(O)(CNS(=O)(=O)c1cccc(F)c1)C(=O)O. The van der Waals surface area contributed by atoms with Gasteiger partial charge in [-0.2, -0.15) is 0 Å². The molecule has 1 aromatic carbocycles. The summed E-state index contributed by atoms with van der Waals surface area (Å²) in [6, 6.07) is 4.23. The Morgan fingerprint density at radius 3 is 2.61 bits per heavy atom. The first kappa shape index (κ1) is 14.6. The van der Waals surface area contributed by atoms with Gasteiger partial charge in [-0.15, -0.1) is 0 Å². The molecule has 0 aliphatic heterocycles. The summed E-state index contributed by atoms with van der Waals surface area (Å²) in [5.41, 5.74) is -2.24. The van der Waals surface area contributed by atoms with Gasteiger partial charge in [0.05, 0.1) is 11.4 Å². The number of carboxylic acids is 1. The van der Waals surface area contributed by atoms with Crippen LogP contribution in [0.3, 0.4) is 0 Å². The van der Waals surface area contributed by atoms with E-state index >= 15 is 0 Å². The molecule has 1 aromatic rings. The summed E-state index contributed by atoms with van der Waals surface area (Å²) >= 11 is 0. The van der Waals surface area contributed by atoms with Crippen molar-refractivity contribution < 1.29 is 27.8 Å². The third kappa shape index (κ3) is 3.49. The normalized spacial score (nSPS) is 15.1. The van der Waals surface area contributed by atoms with Crippen molar-refractivity contribution in [2.45, 2.75) is 17.4 Å². The summed E-state index contributed by atoms with van der Waals surface area (Å²) < 4.78 is 38.1. The number of hydrogen-bond donors (Lipinski definition) is 3. The maximum absolute atomic E-state index is 12.9. The van der Waals surface area contributed by atoms with Crippen molar-refractivity contribution in [2.24, 2.45) is 0 Å². The van der Waals surface area contributed by atoms with Crippen LogP contribution >= 0.6 is 0 Å². The minimum absolute atomic E-state index is 0.344. The van der Waals surface area contributed by atoms with Gasteiger partial charge in [-0.05, 0) is 25.1 Å². The molecular formula is C10H12FNO5S. The Labute approximate surface area is 103 Å². The largest absolute Gasteiger partial charge is 0.479 e. The lowest BCUT2D eigenvalue weighted by Crippen LogP contribution is -2.46. The van der Waals surface area contributed by atoms with Crippen LogP contribution in [0.15, 0.2) is 29.2 Å². The Morgan fingerprint density at radius 1 is 1.50 bits per heavy atom. The Hall–Kier alpha value is -1.51. The molecule has 0 fully saturated rings. The third-order valence-electron chi connectivity index (χ3n) is 2.17. The Bertz CT molecular complexity index is 555. The summed E-state index contributed by atoms with van der Waals surface area (Å²) in [5, 5.41) is 18.0. The molecule has 6 nitrogen and oxygen atoms in total. The van der Waals surface area contributed by atoms with Crippen molar-refractivity contribution in [3.05, 3.63) is 30.1 Å². The second-order valence-electron chi connectivity index (χ2n) is 3.86. The quantitative estimate of drug-likeness (QED) is 0.699. The zero-order valence-electron chi connectivity index (χ0n) is 9.42. The van der Waals surface area contributed by atoms with E-state index in [1.165, 1.54) is 6.07 Å². The zero-order chi connectivity index (χ0) is 14.0. The van der Waals surface area contributed by atoms with E-state index < -0.39 is 34.0 Å². The molecule has 0 aromatic heterocycles. The molecule has 0 bridgehead atoms. The molecule has 0 aliphatic rings. The predicted octanol–water partition coefficient (Wildman–Crippen LogP) is -0.0604. The lowest BCUT2D eigenvalue weighted by molar-refractivity contribution is -0.155. The van der Waals surface area contributed by atoms with E-state index in [9.17, 15) is 22.7 Å². The second-order valence-corrected chi connectivity index (χ2v) is 5.63. The van der Waals surface area contributed by atoms with Crippen LogP contribution in [-0.4, -0.2) is 36.7 Å². The molecule has 0 radical (unpaired) electrons. The minimum Gasteiger partial charge on any atom is -0.479 e. The molecule has 1 unspecified atom stereocenters. The number of aliphatic hydroxyl groups is 1. The van der Waals surface area contributed by atoms with Gasteiger partial charge in [-0.3, -0.25) is 0 Å². The molecule has 0 spiro atoms. The molecule has 0 saturated heterocycles. The van der Waals surface area contributed by atoms with Crippen molar-refractivity contribution >= 4 is 16.0 Å². The summed E-state index contributed by atoms with van der Waals surface area (Å²) in [6.45, 7) is 0.227. The molecule has 3 N–H and O–H groups in total. The van der Waals surface area contributed by atoms with Crippen LogP contribution in [0.1, 0.15) is 6.92 Å². The summed E-state index contributed by atoms with van der Waals surface area (Å²) in [7, 11) is -4.06. The average Bonchev–Trinajstić information content (AvgIpc) is 2.26. The van der Waals surface area contributed by atoms with Crippen LogP contribution in [0.5, 0.6) is 0 Å². The first-order valence-corrected chi connectivity index (χ1v) is 6.34.